The van der Waals surface area contributed by atoms with E-state index in [2.05, 4.69) is 53.1 Å². The fraction of sp³-hybridized carbons (Fsp3) is 0.333. The maximum absolute atomic E-state index is 9.33. The van der Waals surface area contributed by atoms with Crippen molar-refractivity contribution in [2.24, 2.45) is 5.41 Å². The Hall–Kier alpha value is -1.60. The number of hydrogen-bond donors (Lipinski definition) is 1. The van der Waals surface area contributed by atoms with Gasteiger partial charge in [0.15, 0.2) is 0 Å². The number of fused-ring (bicyclic) bond motifs is 1. The van der Waals surface area contributed by atoms with Crippen LogP contribution >= 0.6 is 15.9 Å². The Bertz CT molecular complexity index is 651. The smallest absolute Gasteiger partial charge is 0.126 e. The molecule has 2 aromatic rings. The van der Waals surface area contributed by atoms with Gasteiger partial charge in [-0.05, 0) is 27.4 Å². The van der Waals surface area contributed by atoms with Crippen molar-refractivity contribution in [2.75, 3.05) is 11.9 Å². The number of benzene rings is 1. The van der Waals surface area contributed by atoms with Crippen LogP contribution in [0, 0.1) is 16.7 Å². The average molecular weight is 318 g/mol. The van der Waals surface area contributed by atoms with Crippen LogP contribution in [0.4, 0.5) is 5.69 Å². The van der Waals surface area contributed by atoms with E-state index in [1.807, 2.05) is 24.3 Å². The Morgan fingerprint density at radius 2 is 2.00 bits per heavy atom. The summed E-state index contributed by atoms with van der Waals surface area (Å²) in [6, 6.07) is 10.1. The van der Waals surface area contributed by atoms with Gasteiger partial charge in [-0.15, -0.1) is 0 Å². The lowest BCUT2D eigenvalue weighted by Crippen LogP contribution is -2.19. The summed E-state index contributed by atoms with van der Waals surface area (Å²) in [4.78, 5) is 4.41. The molecule has 19 heavy (non-hydrogen) atoms. The molecule has 4 heteroatoms. The van der Waals surface area contributed by atoms with Crippen LogP contribution in [0.5, 0.6) is 0 Å². The van der Waals surface area contributed by atoms with Gasteiger partial charge in [0.2, 0.25) is 0 Å². The molecule has 0 atom stereocenters. The summed E-state index contributed by atoms with van der Waals surface area (Å²) < 4.78 is 0.588. The fourth-order valence-electron chi connectivity index (χ4n) is 1.82. The number of nitriles is 1. The number of anilines is 1. The highest BCUT2D eigenvalue weighted by molar-refractivity contribution is 9.10. The maximum Gasteiger partial charge on any atom is 0.126 e. The lowest BCUT2D eigenvalue weighted by atomic mass is 9.96. The van der Waals surface area contributed by atoms with Crippen LogP contribution in [0.1, 0.15) is 26.3 Å². The minimum absolute atomic E-state index is 0.142. The van der Waals surface area contributed by atoms with Crippen LogP contribution in [-0.4, -0.2) is 11.5 Å². The zero-order chi connectivity index (χ0) is 14.0. The van der Waals surface area contributed by atoms with Gasteiger partial charge in [0.1, 0.15) is 16.2 Å². The van der Waals surface area contributed by atoms with Crippen molar-refractivity contribution >= 4 is 32.5 Å². The molecule has 2 rings (SSSR count). The normalized spacial score (nSPS) is 11.3. The quantitative estimate of drug-likeness (QED) is 0.839. The van der Waals surface area contributed by atoms with Gasteiger partial charge in [-0.25, -0.2) is 4.98 Å². The molecule has 1 aromatic carbocycles. The van der Waals surface area contributed by atoms with Crippen molar-refractivity contribution in [3.63, 3.8) is 0 Å². The molecule has 0 spiro atoms. The molecule has 0 amide bonds. The van der Waals surface area contributed by atoms with Crippen LogP contribution in [-0.2, 0) is 0 Å². The first-order chi connectivity index (χ1) is 8.92. The standard InChI is InChI=1S/C15H16BrN3/c1-15(2,3)9-18-13-10-6-4-5-7-12(10)19-14(16)11(13)8-17/h4-7H,9H2,1-3H3,(H,18,19). The van der Waals surface area contributed by atoms with E-state index in [0.29, 0.717) is 10.2 Å². The summed E-state index contributed by atoms with van der Waals surface area (Å²) in [5.41, 5.74) is 2.44. The highest BCUT2D eigenvalue weighted by atomic mass is 79.9. The molecule has 0 aliphatic carbocycles. The Labute approximate surface area is 121 Å². The SMILES string of the molecule is CC(C)(C)CNc1c(C#N)c(Br)nc2ccccc12. The predicted octanol–water partition coefficient (Wildman–Crippen LogP) is 4.33. The Morgan fingerprint density at radius 3 is 2.63 bits per heavy atom. The highest BCUT2D eigenvalue weighted by Gasteiger charge is 2.16. The highest BCUT2D eigenvalue weighted by Crippen LogP contribution is 2.31. The van der Waals surface area contributed by atoms with Gasteiger partial charge in [-0.3, -0.25) is 0 Å². The lowest BCUT2D eigenvalue weighted by Gasteiger charge is -2.21. The number of pyridine rings is 1. The molecule has 0 saturated heterocycles. The number of halogens is 1. The van der Waals surface area contributed by atoms with Crippen molar-refractivity contribution in [1.82, 2.24) is 4.98 Å². The third-order valence-corrected chi connectivity index (χ3v) is 3.33. The van der Waals surface area contributed by atoms with Gasteiger partial charge in [0, 0.05) is 11.9 Å². The number of nitrogens with zero attached hydrogens (tertiary/aromatic N) is 2. The van der Waals surface area contributed by atoms with Crippen LogP contribution in [0.2, 0.25) is 0 Å². The van der Waals surface area contributed by atoms with E-state index in [1.165, 1.54) is 0 Å². The second-order valence-electron chi connectivity index (χ2n) is 5.70. The number of nitrogens with one attached hydrogen (secondary N) is 1. The number of rotatable bonds is 2. The van der Waals surface area contributed by atoms with Gasteiger partial charge >= 0.3 is 0 Å². The molecule has 0 aliphatic heterocycles. The van der Waals surface area contributed by atoms with E-state index in [0.717, 1.165) is 23.1 Å². The maximum atomic E-state index is 9.33. The van der Waals surface area contributed by atoms with Crippen LogP contribution in [0.3, 0.4) is 0 Å². The summed E-state index contributed by atoms with van der Waals surface area (Å²) in [7, 11) is 0. The summed E-state index contributed by atoms with van der Waals surface area (Å²) in [6.45, 7) is 7.27. The number of aromatic nitrogens is 1. The lowest BCUT2D eigenvalue weighted by molar-refractivity contribution is 0.443. The van der Waals surface area contributed by atoms with Gasteiger partial charge < -0.3 is 5.32 Å². The van der Waals surface area contributed by atoms with Gasteiger partial charge in [0.25, 0.3) is 0 Å². The zero-order valence-electron chi connectivity index (χ0n) is 11.3. The molecule has 1 N–H and O–H groups in total. The molecule has 0 saturated carbocycles. The van der Waals surface area contributed by atoms with E-state index < -0.39 is 0 Å². The number of para-hydroxylation sites is 1. The molecule has 0 bridgehead atoms. The first-order valence-corrected chi connectivity index (χ1v) is 6.94. The van der Waals surface area contributed by atoms with Gasteiger partial charge in [0.05, 0.1) is 11.2 Å². The molecule has 1 heterocycles. The molecule has 0 fully saturated rings. The second kappa shape index (κ2) is 5.18. The third kappa shape index (κ3) is 3.05. The third-order valence-electron chi connectivity index (χ3n) is 2.76. The summed E-state index contributed by atoms with van der Waals surface area (Å²) >= 11 is 3.38. The second-order valence-corrected chi connectivity index (χ2v) is 6.45. The summed E-state index contributed by atoms with van der Waals surface area (Å²) in [6.07, 6.45) is 0. The largest absolute Gasteiger partial charge is 0.383 e. The minimum Gasteiger partial charge on any atom is -0.383 e. The van der Waals surface area contributed by atoms with Gasteiger partial charge in [-0.2, -0.15) is 5.26 Å². The van der Waals surface area contributed by atoms with Crippen molar-refractivity contribution < 1.29 is 0 Å². The van der Waals surface area contributed by atoms with Gasteiger partial charge in [-0.1, -0.05) is 39.0 Å². The van der Waals surface area contributed by atoms with Crippen LogP contribution in [0.25, 0.3) is 10.9 Å². The zero-order valence-corrected chi connectivity index (χ0v) is 12.9. The van der Waals surface area contributed by atoms with Crippen molar-refractivity contribution in [3.8, 4) is 6.07 Å². The molecule has 1 aromatic heterocycles. The molecule has 98 valence electrons. The van der Waals surface area contributed by atoms with Crippen LogP contribution < -0.4 is 5.32 Å². The Morgan fingerprint density at radius 1 is 1.32 bits per heavy atom. The van der Waals surface area contributed by atoms with Crippen molar-refractivity contribution in [2.45, 2.75) is 20.8 Å². The first-order valence-electron chi connectivity index (χ1n) is 6.14. The first kappa shape index (κ1) is 13.8. The Kier molecular flexibility index (Phi) is 3.77. The Balaban J connectivity index is 2.58. The molecule has 0 radical (unpaired) electrons. The summed E-state index contributed by atoms with van der Waals surface area (Å²) in [5.74, 6) is 0. The van der Waals surface area contributed by atoms with Crippen LogP contribution in [0.15, 0.2) is 28.9 Å². The monoisotopic (exact) mass is 317 g/mol. The molecular weight excluding hydrogens is 302 g/mol. The molecule has 3 nitrogen and oxygen atoms in total. The van der Waals surface area contributed by atoms with E-state index in [9.17, 15) is 5.26 Å². The summed E-state index contributed by atoms with van der Waals surface area (Å²) in [5, 5.41) is 13.7. The van der Waals surface area contributed by atoms with Crippen molar-refractivity contribution in [3.05, 3.63) is 34.4 Å². The van der Waals surface area contributed by atoms with E-state index >= 15 is 0 Å². The average Bonchev–Trinajstić information content (AvgIpc) is 2.34. The molecular formula is C15H16BrN3. The van der Waals surface area contributed by atoms with E-state index in [-0.39, 0.29) is 5.41 Å². The minimum atomic E-state index is 0.142. The van der Waals surface area contributed by atoms with Crippen molar-refractivity contribution in [1.29, 1.82) is 5.26 Å². The molecule has 0 aliphatic rings. The topological polar surface area (TPSA) is 48.7 Å². The van der Waals surface area contributed by atoms with E-state index in [1.54, 1.807) is 0 Å². The van der Waals surface area contributed by atoms with E-state index in [4.69, 9.17) is 0 Å². The fourth-order valence-corrected chi connectivity index (χ4v) is 2.30. The number of hydrogen-bond acceptors (Lipinski definition) is 3. The predicted molar refractivity (Wildman–Crippen MR) is 82.1 cm³/mol. The molecule has 0 unspecified atom stereocenters.